The summed E-state index contributed by atoms with van der Waals surface area (Å²) in [5, 5.41) is 16.2. The fraction of sp³-hybridized carbons (Fsp3) is 0.261. The van der Waals surface area contributed by atoms with Gasteiger partial charge in [0.1, 0.15) is 11.3 Å². The van der Waals surface area contributed by atoms with E-state index in [1.807, 2.05) is 30.3 Å². The Labute approximate surface area is 295 Å². The van der Waals surface area contributed by atoms with Gasteiger partial charge in [0, 0.05) is 22.9 Å². The van der Waals surface area contributed by atoms with E-state index >= 15 is 0 Å². The van der Waals surface area contributed by atoms with E-state index in [0.717, 1.165) is 38.9 Å². The monoisotopic (exact) mass is 658 g/mol. The number of hydrogen-bond acceptors (Lipinski definition) is 4. The SMILES string of the molecule is CC(C)(C)c1cc(C=Nc2ccccc2-c2nc3c(-c4cc5ccccc5c5ccccc45)cc(C(C)(C)C)cc3o2)c(O)c(C(C)(C)C)c1. The van der Waals surface area contributed by atoms with Crippen LogP contribution < -0.4 is 0 Å². The summed E-state index contributed by atoms with van der Waals surface area (Å²) in [6.07, 6.45) is 1.77. The van der Waals surface area contributed by atoms with Crippen LogP contribution >= 0.6 is 0 Å². The highest BCUT2D eigenvalue weighted by molar-refractivity contribution is 6.15. The predicted octanol–water partition coefficient (Wildman–Crippen LogP) is 12.8. The van der Waals surface area contributed by atoms with Gasteiger partial charge in [0.05, 0.1) is 11.3 Å². The van der Waals surface area contributed by atoms with Crippen molar-refractivity contribution in [2.45, 2.75) is 78.6 Å². The van der Waals surface area contributed by atoms with Crippen molar-refractivity contribution >= 4 is 44.5 Å². The third kappa shape index (κ3) is 6.08. The Balaban J connectivity index is 1.41. The second kappa shape index (κ2) is 12.0. The van der Waals surface area contributed by atoms with Crippen molar-refractivity contribution in [3.8, 4) is 28.3 Å². The number of fused-ring (bicyclic) bond motifs is 4. The zero-order valence-electron chi connectivity index (χ0n) is 30.6. The van der Waals surface area contributed by atoms with Crippen LogP contribution in [-0.2, 0) is 16.2 Å². The molecule has 7 aromatic rings. The smallest absolute Gasteiger partial charge is 0.229 e. The average Bonchev–Trinajstić information content (AvgIpc) is 3.50. The lowest BCUT2D eigenvalue weighted by Crippen LogP contribution is -2.17. The molecule has 0 unspecified atom stereocenters. The van der Waals surface area contributed by atoms with E-state index in [9.17, 15) is 5.11 Å². The first-order valence-electron chi connectivity index (χ1n) is 17.5. The molecule has 1 heterocycles. The molecule has 0 amide bonds. The predicted molar refractivity (Wildman–Crippen MR) is 211 cm³/mol. The molecule has 1 N–H and O–H groups in total. The van der Waals surface area contributed by atoms with Crippen molar-refractivity contribution in [1.82, 2.24) is 4.98 Å². The molecule has 0 saturated carbocycles. The van der Waals surface area contributed by atoms with Crippen LogP contribution in [0.2, 0.25) is 0 Å². The van der Waals surface area contributed by atoms with E-state index < -0.39 is 0 Å². The third-order valence-corrected chi connectivity index (χ3v) is 9.71. The molecule has 0 aliphatic rings. The molecule has 6 aromatic carbocycles. The number of aromatic nitrogens is 1. The van der Waals surface area contributed by atoms with E-state index in [1.54, 1.807) is 6.21 Å². The van der Waals surface area contributed by atoms with Gasteiger partial charge in [-0.2, -0.15) is 0 Å². The normalized spacial score (nSPS) is 12.9. The second-order valence-electron chi connectivity index (χ2n) is 16.6. The van der Waals surface area contributed by atoms with Crippen molar-refractivity contribution in [3.63, 3.8) is 0 Å². The van der Waals surface area contributed by atoms with E-state index in [1.165, 1.54) is 27.1 Å². The standard InChI is InChI=1S/C46H46N2O2/c1-44(2,3)30-22-29(42(49)38(25-30)46(7,8)9)27-47-39-21-15-14-20-35(39)43-48-41-37(24-31(45(4,5)6)26-40(41)50-43)36-23-28-16-10-11-17-32(28)33-18-12-13-19-34(33)36/h10-27,49H,1-9H3. The molecule has 0 spiro atoms. The molecule has 4 heteroatoms. The number of nitrogens with zero attached hydrogens (tertiary/aromatic N) is 2. The summed E-state index contributed by atoms with van der Waals surface area (Å²) >= 11 is 0. The number of hydrogen-bond donors (Lipinski definition) is 1. The first-order chi connectivity index (χ1) is 23.6. The van der Waals surface area contributed by atoms with Crippen LogP contribution in [0.5, 0.6) is 5.75 Å². The van der Waals surface area contributed by atoms with Crippen LogP contribution in [-0.4, -0.2) is 16.3 Å². The van der Waals surface area contributed by atoms with Gasteiger partial charge in [0.25, 0.3) is 0 Å². The van der Waals surface area contributed by atoms with Gasteiger partial charge in [-0.05, 0) is 90.9 Å². The van der Waals surface area contributed by atoms with Crippen LogP contribution in [0, 0.1) is 0 Å². The maximum Gasteiger partial charge on any atom is 0.229 e. The Morgan fingerprint density at radius 2 is 1.22 bits per heavy atom. The highest BCUT2D eigenvalue weighted by atomic mass is 16.3. The first kappa shape index (κ1) is 33.3. The Morgan fingerprint density at radius 3 is 1.92 bits per heavy atom. The van der Waals surface area contributed by atoms with Gasteiger partial charge >= 0.3 is 0 Å². The Kier molecular flexibility index (Phi) is 7.98. The molecule has 252 valence electrons. The van der Waals surface area contributed by atoms with Crippen molar-refractivity contribution < 1.29 is 9.52 Å². The zero-order valence-corrected chi connectivity index (χ0v) is 30.6. The number of rotatable bonds is 4. The van der Waals surface area contributed by atoms with Gasteiger partial charge < -0.3 is 9.52 Å². The topological polar surface area (TPSA) is 58.6 Å². The Morgan fingerprint density at radius 1 is 0.600 bits per heavy atom. The van der Waals surface area contributed by atoms with Gasteiger partial charge in [-0.15, -0.1) is 0 Å². The molecule has 0 aliphatic carbocycles. The number of phenolic OH excluding ortho intramolecular Hbond substituents is 1. The largest absolute Gasteiger partial charge is 0.507 e. The summed E-state index contributed by atoms with van der Waals surface area (Å²) in [4.78, 5) is 10.2. The van der Waals surface area contributed by atoms with Gasteiger partial charge in [0.2, 0.25) is 5.89 Å². The summed E-state index contributed by atoms with van der Waals surface area (Å²) in [6, 6.07) is 36.0. The maximum absolute atomic E-state index is 11.4. The van der Waals surface area contributed by atoms with Crippen molar-refractivity contribution in [1.29, 1.82) is 0 Å². The molecular formula is C46H46N2O2. The summed E-state index contributed by atoms with van der Waals surface area (Å²) in [7, 11) is 0. The van der Waals surface area contributed by atoms with Crippen LogP contribution in [0.15, 0.2) is 113 Å². The van der Waals surface area contributed by atoms with Crippen molar-refractivity contribution in [2.75, 3.05) is 0 Å². The lowest BCUT2D eigenvalue weighted by Gasteiger charge is -2.27. The summed E-state index contributed by atoms with van der Waals surface area (Å²) in [5.41, 5.74) is 8.72. The number of aliphatic imine (C=N–C) groups is 1. The van der Waals surface area contributed by atoms with Crippen molar-refractivity contribution in [2.24, 2.45) is 4.99 Å². The average molecular weight is 659 g/mol. The van der Waals surface area contributed by atoms with E-state index in [-0.39, 0.29) is 22.0 Å². The van der Waals surface area contributed by atoms with Gasteiger partial charge in [-0.1, -0.05) is 129 Å². The van der Waals surface area contributed by atoms with Crippen molar-refractivity contribution in [3.05, 3.63) is 125 Å². The maximum atomic E-state index is 11.4. The fourth-order valence-corrected chi connectivity index (χ4v) is 6.73. The summed E-state index contributed by atoms with van der Waals surface area (Å²) in [6.45, 7) is 19.6. The molecule has 0 atom stereocenters. The van der Waals surface area contributed by atoms with Gasteiger partial charge in [-0.3, -0.25) is 4.99 Å². The molecule has 4 nitrogen and oxygen atoms in total. The minimum Gasteiger partial charge on any atom is -0.507 e. The highest BCUT2D eigenvalue weighted by Gasteiger charge is 2.25. The quantitative estimate of drug-likeness (QED) is 0.151. The molecular weight excluding hydrogens is 613 g/mol. The number of benzene rings is 6. The summed E-state index contributed by atoms with van der Waals surface area (Å²) in [5.74, 6) is 0.767. The van der Waals surface area contributed by atoms with E-state index in [2.05, 4.69) is 135 Å². The Hall–Kier alpha value is -5.22. The fourth-order valence-electron chi connectivity index (χ4n) is 6.73. The molecule has 0 radical (unpaired) electrons. The minimum absolute atomic E-state index is 0.0909. The summed E-state index contributed by atoms with van der Waals surface area (Å²) < 4.78 is 6.66. The lowest BCUT2D eigenvalue weighted by molar-refractivity contribution is 0.444. The second-order valence-corrected chi connectivity index (χ2v) is 16.6. The minimum atomic E-state index is -0.232. The molecule has 0 fully saturated rings. The molecule has 1 aromatic heterocycles. The number of para-hydroxylation sites is 1. The zero-order chi connectivity index (χ0) is 35.6. The lowest BCUT2D eigenvalue weighted by atomic mass is 9.79. The van der Waals surface area contributed by atoms with Crippen LogP contribution in [0.4, 0.5) is 5.69 Å². The van der Waals surface area contributed by atoms with Crippen LogP contribution in [0.1, 0.15) is 84.6 Å². The van der Waals surface area contributed by atoms with E-state index in [0.29, 0.717) is 17.1 Å². The number of aromatic hydroxyl groups is 1. The highest BCUT2D eigenvalue weighted by Crippen LogP contribution is 2.43. The van der Waals surface area contributed by atoms with Gasteiger partial charge in [-0.25, -0.2) is 4.98 Å². The van der Waals surface area contributed by atoms with Gasteiger partial charge in [0.15, 0.2) is 5.58 Å². The molecule has 0 aliphatic heterocycles. The third-order valence-electron chi connectivity index (χ3n) is 9.71. The number of oxazole rings is 1. The van der Waals surface area contributed by atoms with Crippen LogP contribution in [0.3, 0.4) is 0 Å². The molecule has 0 saturated heterocycles. The number of phenols is 1. The first-order valence-corrected chi connectivity index (χ1v) is 17.5. The Bertz CT molecular complexity index is 2440. The van der Waals surface area contributed by atoms with E-state index in [4.69, 9.17) is 14.4 Å². The molecule has 0 bridgehead atoms. The molecule has 50 heavy (non-hydrogen) atoms. The van der Waals surface area contributed by atoms with Crippen LogP contribution in [0.25, 0.3) is 55.2 Å². The molecule has 7 rings (SSSR count).